The first-order chi connectivity index (χ1) is 19.8. The number of carbonyl (C=O) groups is 1. The maximum Gasteiger partial charge on any atom is 0.243 e. The third-order valence-corrected chi connectivity index (χ3v) is 9.63. The lowest BCUT2D eigenvalue weighted by molar-refractivity contribution is -0.120. The van der Waals surface area contributed by atoms with Crippen LogP contribution in [-0.4, -0.2) is 41.7 Å². The minimum absolute atomic E-state index is 0.101. The van der Waals surface area contributed by atoms with Gasteiger partial charge in [0.05, 0.1) is 11.1 Å². The highest BCUT2D eigenvalue weighted by atomic mass is 35.5. The van der Waals surface area contributed by atoms with Crippen molar-refractivity contribution in [2.45, 2.75) is 30.6 Å². The van der Waals surface area contributed by atoms with Crippen LogP contribution >= 0.6 is 11.6 Å². The number of benzene rings is 3. The van der Waals surface area contributed by atoms with Crippen LogP contribution in [-0.2, 0) is 27.7 Å². The van der Waals surface area contributed by atoms with Crippen LogP contribution in [0.3, 0.4) is 0 Å². The molecule has 1 amide bonds. The summed E-state index contributed by atoms with van der Waals surface area (Å²) in [4.78, 5) is 22.5. The van der Waals surface area contributed by atoms with Gasteiger partial charge in [-0.2, -0.15) is 9.29 Å². The van der Waals surface area contributed by atoms with E-state index in [9.17, 15) is 13.2 Å². The van der Waals surface area contributed by atoms with Gasteiger partial charge in [0.25, 0.3) is 0 Å². The van der Waals surface area contributed by atoms with Crippen LogP contribution in [0.15, 0.2) is 83.9 Å². The fraction of sp³-hybridized carbons (Fsp3) is 0.233. The minimum Gasteiger partial charge on any atom is -0.339 e. The van der Waals surface area contributed by atoms with E-state index < -0.39 is 10.0 Å². The van der Waals surface area contributed by atoms with Gasteiger partial charge < -0.3 is 16.0 Å². The molecule has 0 unspecified atom stereocenters. The van der Waals surface area contributed by atoms with Gasteiger partial charge in [-0.3, -0.25) is 4.79 Å². The molecule has 11 heteroatoms. The fourth-order valence-electron chi connectivity index (χ4n) is 5.20. The molecule has 0 atom stereocenters. The Morgan fingerprint density at radius 2 is 1.71 bits per heavy atom. The molecule has 3 aromatic carbocycles. The van der Waals surface area contributed by atoms with E-state index in [1.54, 1.807) is 36.5 Å². The lowest BCUT2D eigenvalue weighted by Gasteiger charge is -2.30. The summed E-state index contributed by atoms with van der Waals surface area (Å²) in [5.41, 5.74) is 4.49. The van der Waals surface area contributed by atoms with Crippen LogP contribution in [0.5, 0.6) is 0 Å². The van der Waals surface area contributed by atoms with Gasteiger partial charge in [-0.15, -0.1) is 0 Å². The molecular formula is C30H29ClN6O3S. The number of piperidine rings is 1. The normalized spacial score (nSPS) is 15.8. The quantitative estimate of drug-likeness (QED) is 0.278. The first-order valence-corrected chi connectivity index (χ1v) is 15.3. The van der Waals surface area contributed by atoms with Crippen molar-refractivity contribution < 1.29 is 13.2 Å². The molecule has 0 aliphatic carbocycles. The number of carbonyl (C=O) groups excluding carboxylic acids is 1. The maximum absolute atomic E-state index is 13.4. The second kappa shape index (κ2) is 11.5. The average Bonchev–Trinajstić information content (AvgIpc) is 2.99. The van der Waals surface area contributed by atoms with Gasteiger partial charge in [-0.05, 0) is 79.3 Å². The SMILES string of the molecule is O=C(Nc1ccc2cc1CCc1cccc(c1)Nc1ncc(Cl)c(n1)N2)C1CCN(S(=O)(=O)c2ccccc2)CC1. The summed E-state index contributed by atoms with van der Waals surface area (Å²) in [5.74, 6) is 0.522. The smallest absolute Gasteiger partial charge is 0.243 e. The van der Waals surface area contributed by atoms with Crippen molar-refractivity contribution in [3.05, 3.63) is 95.1 Å². The summed E-state index contributed by atoms with van der Waals surface area (Å²) in [6.07, 6.45) is 3.92. The molecule has 2 aliphatic heterocycles. The van der Waals surface area contributed by atoms with Gasteiger partial charge >= 0.3 is 0 Å². The number of amides is 1. The van der Waals surface area contributed by atoms with Crippen LogP contribution in [0.1, 0.15) is 24.0 Å². The van der Waals surface area contributed by atoms with Gasteiger partial charge in [-0.1, -0.05) is 41.9 Å². The maximum atomic E-state index is 13.4. The molecule has 3 N–H and O–H groups in total. The molecule has 6 rings (SSSR count). The van der Waals surface area contributed by atoms with Crippen LogP contribution in [0.2, 0.25) is 5.02 Å². The number of nitrogens with zero attached hydrogens (tertiary/aromatic N) is 3. The number of nitrogens with one attached hydrogen (secondary N) is 3. The second-order valence-electron chi connectivity index (χ2n) is 10.2. The Hall–Kier alpha value is -3.99. The van der Waals surface area contributed by atoms with Crippen molar-refractivity contribution in [3.63, 3.8) is 0 Å². The Morgan fingerprint density at radius 1 is 0.927 bits per heavy atom. The number of fused-ring (bicyclic) bond motifs is 6. The molecule has 1 fully saturated rings. The highest BCUT2D eigenvalue weighted by molar-refractivity contribution is 7.89. The van der Waals surface area contributed by atoms with Crippen molar-refractivity contribution in [3.8, 4) is 0 Å². The number of halogens is 1. The molecule has 0 saturated carbocycles. The van der Waals surface area contributed by atoms with Crippen LogP contribution in [0, 0.1) is 5.92 Å². The molecule has 0 radical (unpaired) electrons. The fourth-order valence-corrected chi connectivity index (χ4v) is 6.83. The van der Waals surface area contributed by atoms with Crippen molar-refractivity contribution >= 4 is 56.4 Å². The zero-order valence-electron chi connectivity index (χ0n) is 22.2. The summed E-state index contributed by atoms with van der Waals surface area (Å²) in [7, 11) is -3.57. The standard InChI is InChI=1S/C30H29ClN6O3S/c31-26-19-32-30-34-23-6-4-5-20(17-23)9-10-22-18-24(33-28(26)36-30)11-12-27(22)35-29(38)21-13-15-37(16-14-21)41(39,40)25-7-2-1-3-8-25/h1-8,11-12,17-19,21H,9-10,13-16H2,(H,35,38)(H2,32,33,34,36). The number of anilines is 5. The molecule has 3 heterocycles. The van der Waals surface area contributed by atoms with Crippen molar-refractivity contribution in [1.29, 1.82) is 0 Å². The zero-order chi connectivity index (χ0) is 28.4. The Labute approximate surface area is 244 Å². The van der Waals surface area contributed by atoms with E-state index in [4.69, 9.17) is 11.6 Å². The Kier molecular flexibility index (Phi) is 7.61. The highest BCUT2D eigenvalue weighted by Crippen LogP contribution is 2.31. The lowest BCUT2D eigenvalue weighted by Crippen LogP contribution is -2.41. The van der Waals surface area contributed by atoms with Crippen LogP contribution in [0.25, 0.3) is 0 Å². The summed E-state index contributed by atoms with van der Waals surface area (Å²) in [5, 5.41) is 10.0. The number of aromatic nitrogens is 2. The number of hydrogen-bond acceptors (Lipinski definition) is 7. The molecule has 6 bridgehead atoms. The van der Waals surface area contributed by atoms with E-state index in [0.29, 0.717) is 49.1 Å². The molecule has 210 valence electrons. The summed E-state index contributed by atoms with van der Waals surface area (Å²) < 4.78 is 27.5. The monoisotopic (exact) mass is 588 g/mol. The van der Waals surface area contributed by atoms with Gasteiger partial charge in [0.2, 0.25) is 21.9 Å². The van der Waals surface area contributed by atoms with E-state index in [-0.39, 0.29) is 16.7 Å². The summed E-state index contributed by atoms with van der Waals surface area (Å²) in [6.45, 7) is 0.605. The van der Waals surface area contributed by atoms with Crippen molar-refractivity contribution in [1.82, 2.24) is 14.3 Å². The Morgan fingerprint density at radius 3 is 2.51 bits per heavy atom. The zero-order valence-corrected chi connectivity index (χ0v) is 23.8. The predicted molar refractivity (Wildman–Crippen MR) is 160 cm³/mol. The van der Waals surface area contributed by atoms with Gasteiger partial charge in [0, 0.05) is 36.1 Å². The van der Waals surface area contributed by atoms with Gasteiger partial charge in [0.15, 0.2) is 5.82 Å². The highest BCUT2D eigenvalue weighted by Gasteiger charge is 2.32. The molecule has 2 aliphatic rings. The van der Waals surface area contributed by atoms with E-state index in [1.165, 1.54) is 4.31 Å². The van der Waals surface area contributed by atoms with E-state index in [1.807, 2.05) is 30.3 Å². The van der Waals surface area contributed by atoms with E-state index in [0.717, 1.165) is 34.6 Å². The number of sulfonamides is 1. The average molecular weight is 589 g/mol. The van der Waals surface area contributed by atoms with Gasteiger partial charge in [0.1, 0.15) is 5.02 Å². The topological polar surface area (TPSA) is 116 Å². The molecule has 0 spiro atoms. The number of hydrogen-bond donors (Lipinski definition) is 3. The van der Waals surface area contributed by atoms with Crippen LogP contribution < -0.4 is 16.0 Å². The minimum atomic E-state index is -3.57. The van der Waals surface area contributed by atoms with Gasteiger partial charge in [-0.25, -0.2) is 13.4 Å². The van der Waals surface area contributed by atoms with Crippen molar-refractivity contribution in [2.24, 2.45) is 5.92 Å². The lowest BCUT2D eigenvalue weighted by atomic mass is 9.96. The predicted octanol–water partition coefficient (Wildman–Crippen LogP) is 5.76. The molecule has 4 aromatic rings. The number of aryl methyl sites for hydroxylation is 2. The third-order valence-electron chi connectivity index (χ3n) is 7.44. The second-order valence-corrected chi connectivity index (χ2v) is 12.5. The molecule has 1 aromatic heterocycles. The summed E-state index contributed by atoms with van der Waals surface area (Å²) >= 11 is 6.38. The van der Waals surface area contributed by atoms with Crippen LogP contribution in [0.4, 0.5) is 28.8 Å². The van der Waals surface area contributed by atoms with E-state index in [2.05, 4.69) is 38.1 Å². The van der Waals surface area contributed by atoms with Crippen molar-refractivity contribution in [2.75, 3.05) is 29.0 Å². The molecule has 1 saturated heterocycles. The molecule has 41 heavy (non-hydrogen) atoms. The summed E-state index contributed by atoms with van der Waals surface area (Å²) in [6, 6.07) is 22.2. The third kappa shape index (κ3) is 6.04. The largest absolute Gasteiger partial charge is 0.339 e. The molecular weight excluding hydrogens is 560 g/mol. The first kappa shape index (κ1) is 27.2. The Bertz CT molecular complexity index is 1690. The number of rotatable bonds is 4. The van der Waals surface area contributed by atoms with E-state index >= 15 is 0 Å². The Balaban J connectivity index is 1.20. The first-order valence-electron chi connectivity index (χ1n) is 13.5. The molecule has 9 nitrogen and oxygen atoms in total.